The van der Waals surface area contributed by atoms with E-state index in [2.05, 4.69) is 4.98 Å². The average Bonchev–Trinajstić information content (AvgIpc) is 3.12. The lowest BCUT2D eigenvalue weighted by molar-refractivity contribution is 0.0594. The zero-order valence-electron chi connectivity index (χ0n) is 11.7. The van der Waals surface area contributed by atoms with Gasteiger partial charge in [-0.05, 0) is 24.0 Å². The number of thioether (sulfide) groups is 1. The third-order valence-corrected chi connectivity index (χ3v) is 3.80. The quantitative estimate of drug-likeness (QED) is 0.637. The first kappa shape index (κ1) is 13.8. The molecule has 1 aromatic heterocycles. The number of esters is 1. The Kier molecular flexibility index (Phi) is 3.74. The van der Waals surface area contributed by atoms with Crippen LogP contribution in [-0.2, 0) is 11.3 Å². The predicted molar refractivity (Wildman–Crippen MR) is 77.0 cm³/mol. The van der Waals surface area contributed by atoms with Crippen LogP contribution in [0.3, 0.4) is 0 Å². The van der Waals surface area contributed by atoms with Crippen LogP contribution in [0.25, 0.3) is 0 Å². The number of carbonyl (C=O) groups excluding carboxylic acids is 1. The van der Waals surface area contributed by atoms with Crippen molar-refractivity contribution in [2.24, 2.45) is 0 Å². The van der Waals surface area contributed by atoms with Crippen LogP contribution in [0.1, 0.15) is 16.1 Å². The van der Waals surface area contributed by atoms with E-state index in [9.17, 15) is 4.79 Å². The average molecular weight is 306 g/mol. The molecule has 2 heterocycles. The van der Waals surface area contributed by atoms with Crippen molar-refractivity contribution in [3.63, 3.8) is 0 Å². The van der Waals surface area contributed by atoms with Gasteiger partial charge in [-0.2, -0.15) is 0 Å². The van der Waals surface area contributed by atoms with Crippen molar-refractivity contribution in [3.8, 4) is 11.5 Å². The fourth-order valence-corrected chi connectivity index (χ4v) is 2.66. The van der Waals surface area contributed by atoms with Crippen LogP contribution in [0.5, 0.6) is 11.5 Å². The molecular weight excluding hydrogens is 292 g/mol. The third-order valence-electron chi connectivity index (χ3n) is 3.11. The Morgan fingerprint density at radius 3 is 3.00 bits per heavy atom. The van der Waals surface area contributed by atoms with Crippen LogP contribution in [0.4, 0.5) is 0 Å². The van der Waals surface area contributed by atoms with E-state index >= 15 is 0 Å². The maximum absolute atomic E-state index is 11.6. The van der Waals surface area contributed by atoms with E-state index in [1.807, 2.05) is 29.0 Å². The molecule has 3 rings (SSSR count). The number of carbonyl (C=O) groups is 1. The smallest absolute Gasteiger partial charge is 0.358 e. The molecule has 6 nitrogen and oxygen atoms in total. The van der Waals surface area contributed by atoms with Gasteiger partial charge in [-0.1, -0.05) is 17.8 Å². The zero-order valence-corrected chi connectivity index (χ0v) is 12.5. The van der Waals surface area contributed by atoms with Crippen LogP contribution in [-0.4, -0.2) is 35.7 Å². The standard InChI is InChI=1S/C14H14N2O4S/c1-18-13(17)10-7-16(14(15-10)21-2)6-9-3-4-11-12(5-9)20-8-19-11/h3-5,7H,6,8H2,1-2H3. The van der Waals surface area contributed by atoms with Crippen molar-refractivity contribution in [1.82, 2.24) is 9.55 Å². The van der Waals surface area contributed by atoms with E-state index in [4.69, 9.17) is 14.2 Å². The first-order valence-electron chi connectivity index (χ1n) is 6.29. The molecule has 0 saturated heterocycles. The number of hydrogen-bond acceptors (Lipinski definition) is 6. The summed E-state index contributed by atoms with van der Waals surface area (Å²) in [4.78, 5) is 15.8. The Hall–Kier alpha value is -2.15. The first-order chi connectivity index (χ1) is 10.2. The van der Waals surface area contributed by atoms with Crippen molar-refractivity contribution in [2.75, 3.05) is 20.2 Å². The molecule has 0 aliphatic carbocycles. The number of hydrogen-bond donors (Lipinski definition) is 0. The number of nitrogens with zero attached hydrogens (tertiary/aromatic N) is 2. The van der Waals surface area contributed by atoms with Crippen molar-refractivity contribution in [1.29, 1.82) is 0 Å². The minimum Gasteiger partial charge on any atom is -0.464 e. The van der Waals surface area contributed by atoms with Gasteiger partial charge in [0.2, 0.25) is 6.79 Å². The van der Waals surface area contributed by atoms with Gasteiger partial charge in [0.25, 0.3) is 0 Å². The first-order valence-corrected chi connectivity index (χ1v) is 7.51. The van der Waals surface area contributed by atoms with Gasteiger partial charge >= 0.3 is 5.97 Å². The molecule has 0 bridgehead atoms. The summed E-state index contributed by atoms with van der Waals surface area (Å²) >= 11 is 1.48. The van der Waals surface area contributed by atoms with Crippen LogP contribution in [0, 0.1) is 0 Å². The second kappa shape index (κ2) is 5.69. The Labute approximate surface area is 126 Å². The summed E-state index contributed by atoms with van der Waals surface area (Å²) in [5.74, 6) is 1.06. The number of benzene rings is 1. The summed E-state index contributed by atoms with van der Waals surface area (Å²) in [5.41, 5.74) is 1.35. The molecule has 0 unspecified atom stereocenters. The predicted octanol–water partition coefficient (Wildman–Crippen LogP) is 2.17. The molecule has 0 N–H and O–H groups in total. The highest BCUT2D eigenvalue weighted by Gasteiger charge is 2.16. The van der Waals surface area contributed by atoms with Crippen LogP contribution >= 0.6 is 11.8 Å². The van der Waals surface area contributed by atoms with Gasteiger partial charge in [0.15, 0.2) is 22.3 Å². The maximum Gasteiger partial charge on any atom is 0.358 e. The minimum atomic E-state index is -0.435. The highest BCUT2D eigenvalue weighted by atomic mass is 32.2. The molecule has 7 heteroatoms. The van der Waals surface area contributed by atoms with Gasteiger partial charge in [-0.25, -0.2) is 9.78 Å². The fraction of sp³-hybridized carbons (Fsp3) is 0.286. The summed E-state index contributed by atoms with van der Waals surface area (Å²) in [6, 6.07) is 5.79. The van der Waals surface area contributed by atoms with Crippen molar-refractivity contribution >= 4 is 17.7 Å². The third kappa shape index (κ3) is 2.69. The summed E-state index contributed by atoms with van der Waals surface area (Å²) in [6.45, 7) is 0.850. The molecule has 0 spiro atoms. The summed E-state index contributed by atoms with van der Waals surface area (Å²) in [6.07, 6.45) is 3.61. The second-order valence-electron chi connectivity index (χ2n) is 4.42. The van der Waals surface area contributed by atoms with E-state index in [1.54, 1.807) is 6.20 Å². The molecule has 1 aliphatic heterocycles. The number of ether oxygens (including phenoxy) is 3. The van der Waals surface area contributed by atoms with Gasteiger partial charge in [-0.3, -0.25) is 0 Å². The van der Waals surface area contributed by atoms with Crippen LogP contribution < -0.4 is 9.47 Å². The van der Waals surface area contributed by atoms with Crippen LogP contribution in [0.15, 0.2) is 29.6 Å². The number of imidazole rings is 1. The normalized spacial score (nSPS) is 12.5. The summed E-state index contributed by atoms with van der Waals surface area (Å²) in [5, 5.41) is 0.757. The number of fused-ring (bicyclic) bond motifs is 1. The van der Waals surface area contributed by atoms with Gasteiger partial charge in [0.05, 0.1) is 7.11 Å². The number of aromatic nitrogens is 2. The van der Waals surface area contributed by atoms with Gasteiger partial charge in [-0.15, -0.1) is 0 Å². The topological polar surface area (TPSA) is 62.6 Å². The molecule has 0 radical (unpaired) electrons. The highest BCUT2D eigenvalue weighted by molar-refractivity contribution is 7.98. The lowest BCUT2D eigenvalue weighted by atomic mass is 10.2. The Morgan fingerprint density at radius 1 is 1.43 bits per heavy atom. The number of rotatable bonds is 4. The van der Waals surface area contributed by atoms with E-state index in [0.717, 1.165) is 22.2 Å². The largest absolute Gasteiger partial charge is 0.464 e. The van der Waals surface area contributed by atoms with Crippen molar-refractivity contribution in [2.45, 2.75) is 11.7 Å². The SMILES string of the molecule is COC(=O)c1cn(Cc2ccc3c(c2)OCO3)c(SC)n1. The molecular formula is C14H14N2O4S. The Balaban J connectivity index is 1.87. The molecule has 1 aliphatic rings. The molecule has 0 saturated carbocycles. The molecule has 21 heavy (non-hydrogen) atoms. The minimum absolute atomic E-state index is 0.256. The Bertz CT molecular complexity index is 684. The van der Waals surface area contributed by atoms with Crippen molar-refractivity contribution < 1.29 is 19.0 Å². The zero-order chi connectivity index (χ0) is 14.8. The lowest BCUT2D eigenvalue weighted by Gasteiger charge is -2.06. The van der Waals surface area contributed by atoms with Gasteiger partial charge in [0, 0.05) is 12.7 Å². The lowest BCUT2D eigenvalue weighted by Crippen LogP contribution is -2.01. The fourth-order valence-electron chi connectivity index (χ4n) is 2.11. The summed E-state index contributed by atoms with van der Waals surface area (Å²) < 4.78 is 17.3. The van der Waals surface area contributed by atoms with E-state index in [1.165, 1.54) is 18.9 Å². The molecule has 0 amide bonds. The van der Waals surface area contributed by atoms with Gasteiger partial charge < -0.3 is 18.8 Å². The maximum atomic E-state index is 11.6. The molecule has 2 aromatic rings. The van der Waals surface area contributed by atoms with E-state index in [0.29, 0.717) is 12.2 Å². The molecule has 0 fully saturated rings. The Morgan fingerprint density at radius 2 is 2.24 bits per heavy atom. The van der Waals surface area contributed by atoms with Crippen molar-refractivity contribution in [3.05, 3.63) is 35.7 Å². The number of methoxy groups -OCH3 is 1. The monoisotopic (exact) mass is 306 g/mol. The molecule has 0 atom stereocenters. The van der Waals surface area contributed by atoms with E-state index in [-0.39, 0.29) is 6.79 Å². The summed E-state index contributed by atoms with van der Waals surface area (Å²) in [7, 11) is 1.35. The molecule has 110 valence electrons. The van der Waals surface area contributed by atoms with Crippen LogP contribution in [0.2, 0.25) is 0 Å². The highest BCUT2D eigenvalue weighted by Crippen LogP contribution is 2.33. The van der Waals surface area contributed by atoms with E-state index < -0.39 is 5.97 Å². The molecule has 1 aromatic carbocycles. The second-order valence-corrected chi connectivity index (χ2v) is 5.19. The van der Waals surface area contributed by atoms with Gasteiger partial charge in [0.1, 0.15) is 0 Å².